The third-order valence-corrected chi connectivity index (χ3v) is 3.16. The maximum absolute atomic E-state index is 12.4. The highest BCUT2D eigenvalue weighted by atomic mass is 16.6. The van der Waals surface area contributed by atoms with Crippen LogP contribution in [0.2, 0.25) is 0 Å². The van der Waals surface area contributed by atoms with Gasteiger partial charge in [-0.3, -0.25) is 14.9 Å². The van der Waals surface area contributed by atoms with Gasteiger partial charge in [-0.25, -0.2) is 0 Å². The molecule has 94 valence electrons. The quantitative estimate of drug-likeness (QED) is 0.412. The largest absolute Gasteiger partial charge is 0.349 e. The van der Waals surface area contributed by atoms with Crippen LogP contribution in [0.4, 0.5) is 5.69 Å². The van der Waals surface area contributed by atoms with E-state index in [1.165, 1.54) is 12.1 Å². The minimum absolute atomic E-state index is 0.0860. The maximum Gasteiger partial charge on any atom is 0.293 e. The molecule has 0 aliphatic heterocycles. The summed E-state index contributed by atoms with van der Waals surface area (Å²) < 4.78 is 0. The highest BCUT2D eigenvalue weighted by Gasteiger charge is 2.15. The molecule has 0 radical (unpaired) electrons. The van der Waals surface area contributed by atoms with Crippen molar-refractivity contribution in [2.24, 2.45) is 0 Å². The Balaban J connectivity index is 2.57. The second-order valence-corrected chi connectivity index (χ2v) is 4.46. The van der Waals surface area contributed by atoms with E-state index in [1.54, 1.807) is 18.2 Å². The van der Waals surface area contributed by atoms with Crippen LogP contribution in [0.1, 0.15) is 5.56 Å². The first kappa shape index (κ1) is 11.4. The summed E-state index contributed by atoms with van der Waals surface area (Å²) in [4.78, 5) is 25.9. The molecule has 0 atom stereocenters. The van der Waals surface area contributed by atoms with E-state index < -0.39 is 4.92 Å². The van der Waals surface area contributed by atoms with Gasteiger partial charge < -0.3 is 4.98 Å². The number of non-ortho nitro benzene ring substituents is 1. The molecule has 1 heterocycles. The molecule has 5 heteroatoms. The van der Waals surface area contributed by atoms with E-state index in [2.05, 4.69) is 4.98 Å². The number of H-pyrrole nitrogens is 1. The topological polar surface area (TPSA) is 76.0 Å². The van der Waals surface area contributed by atoms with Crippen LogP contribution < -0.4 is 5.43 Å². The van der Waals surface area contributed by atoms with Gasteiger partial charge in [-0.15, -0.1) is 0 Å². The van der Waals surface area contributed by atoms with Crippen molar-refractivity contribution in [3.8, 4) is 0 Å². The van der Waals surface area contributed by atoms with Crippen LogP contribution in [-0.4, -0.2) is 9.91 Å². The van der Waals surface area contributed by atoms with Gasteiger partial charge in [0.25, 0.3) is 5.69 Å². The lowest BCUT2D eigenvalue weighted by Crippen LogP contribution is -2.05. The second-order valence-electron chi connectivity index (χ2n) is 4.46. The minimum atomic E-state index is -0.488. The molecular weight excluding hydrogens is 244 g/mol. The number of aromatic amines is 1. The molecule has 0 amide bonds. The Morgan fingerprint density at radius 2 is 1.95 bits per heavy atom. The van der Waals surface area contributed by atoms with E-state index in [4.69, 9.17) is 0 Å². The number of benzene rings is 2. The Labute approximate surface area is 107 Å². The van der Waals surface area contributed by atoms with E-state index in [1.807, 2.05) is 13.0 Å². The van der Waals surface area contributed by atoms with Gasteiger partial charge >= 0.3 is 0 Å². The molecule has 0 saturated carbocycles. The number of nitrogens with zero attached hydrogens (tertiary/aromatic N) is 1. The third kappa shape index (κ3) is 1.67. The van der Waals surface area contributed by atoms with E-state index >= 15 is 0 Å². The van der Waals surface area contributed by atoms with Crippen LogP contribution in [0.15, 0.2) is 41.2 Å². The first-order valence-electron chi connectivity index (χ1n) is 5.77. The summed E-state index contributed by atoms with van der Waals surface area (Å²) in [6.07, 6.45) is 0. The average Bonchev–Trinajstić information content (AvgIpc) is 2.39. The lowest BCUT2D eigenvalue weighted by atomic mass is 10.1. The zero-order valence-electron chi connectivity index (χ0n) is 10.1. The first-order chi connectivity index (χ1) is 9.08. The number of hydrogen-bond donors (Lipinski definition) is 1. The van der Waals surface area contributed by atoms with Crippen molar-refractivity contribution in [2.45, 2.75) is 6.92 Å². The van der Waals surface area contributed by atoms with Gasteiger partial charge in [0.1, 0.15) is 5.52 Å². The van der Waals surface area contributed by atoms with Crippen molar-refractivity contribution >= 4 is 27.5 Å². The summed E-state index contributed by atoms with van der Waals surface area (Å²) in [6, 6.07) is 9.92. The second kappa shape index (κ2) is 3.91. The molecule has 2 aromatic carbocycles. The Kier molecular flexibility index (Phi) is 2.35. The highest BCUT2D eigenvalue weighted by molar-refractivity contribution is 5.96. The van der Waals surface area contributed by atoms with E-state index in [0.29, 0.717) is 16.3 Å². The van der Waals surface area contributed by atoms with Crippen LogP contribution >= 0.6 is 0 Å². The summed E-state index contributed by atoms with van der Waals surface area (Å²) in [5.74, 6) is 0. The fourth-order valence-electron chi connectivity index (χ4n) is 2.25. The molecule has 0 unspecified atom stereocenters. The number of aryl methyl sites for hydroxylation is 1. The molecule has 1 aromatic heterocycles. The molecule has 0 aliphatic rings. The Bertz CT molecular complexity index is 881. The van der Waals surface area contributed by atoms with Crippen LogP contribution in [0, 0.1) is 17.0 Å². The first-order valence-corrected chi connectivity index (χ1v) is 5.77. The van der Waals surface area contributed by atoms with Crippen LogP contribution in [0.5, 0.6) is 0 Å². The van der Waals surface area contributed by atoms with E-state index in [9.17, 15) is 14.9 Å². The predicted molar refractivity (Wildman–Crippen MR) is 73.5 cm³/mol. The minimum Gasteiger partial charge on any atom is -0.349 e. The summed E-state index contributed by atoms with van der Waals surface area (Å²) in [5.41, 5.74) is 1.59. The number of nitro benzene ring substituents is 1. The number of nitro groups is 1. The fraction of sp³-hybridized carbons (Fsp3) is 0.0714. The van der Waals surface area contributed by atoms with Gasteiger partial charge in [-0.1, -0.05) is 17.7 Å². The molecule has 5 nitrogen and oxygen atoms in total. The number of aromatic nitrogens is 1. The molecule has 0 aliphatic carbocycles. The SMILES string of the molecule is Cc1ccc2[nH]c3c([N+](=O)[O-])cccc3c(=O)c2c1. The molecule has 0 fully saturated rings. The van der Waals surface area contributed by atoms with Crippen molar-refractivity contribution in [3.05, 3.63) is 62.3 Å². The number of pyridine rings is 1. The lowest BCUT2D eigenvalue weighted by Gasteiger charge is -2.04. The molecule has 3 aromatic rings. The predicted octanol–water partition coefficient (Wildman–Crippen LogP) is 2.90. The van der Waals surface area contributed by atoms with Crippen molar-refractivity contribution in [3.63, 3.8) is 0 Å². The summed E-state index contributed by atoms with van der Waals surface area (Å²) >= 11 is 0. The summed E-state index contributed by atoms with van der Waals surface area (Å²) in [6.45, 7) is 1.90. The monoisotopic (exact) mass is 254 g/mol. The number of rotatable bonds is 1. The van der Waals surface area contributed by atoms with Crippen molar-refractivity contribution in [2.75, 3.05) is 0 Å². The van der Waals surface area contributed by atoms with Crippen LogP contribution in [0.25, 0.3) is 21.8 Å². The fourth-order valence-corrected chi connectivity index (χ4v) is 2.25. The van der Waals surface area contributed by atoms with Crippen molar-refractivity contribution < 1.29 is 4.92 Å². The summed E-state index contributed by atoms with van der Waals surface area (Å²) in [5, 5.41) is 11.9. The van der Waals surface area contributed by atoms with Gasteiger partial charge in [0.2, 0.25) is 0 Å². The zero-order valence-corrected chi connectivity index (χ0v) is 10.1. The van der Waals surface area contributed by atoms with Gasteiger partial charge in [-0.05, 0) is 25.1 Å². The standard InChI is InChI=1S/C14H10N2O3/c1-8-5-6-11-10(7-8)14(17)9-3-2-4-12(16(18)19)13(9)15-11/h2-7H,1H3,(H,15,17). The van der Waals surface area contributed by atoms with Gasteiger partial charge in [-0.2, -0.15) is 0 Å². The van der Waals surface area contributed by atoms with Crippen molar-refractivity contribution in [1.82, 2.24) is 4.98 Å². The third-order valence-electron chi connectivity index (χ3n) is 3.16. The Morgan fingerprint density at radius 3 is 2.68 bits per heavy atom. The zero-order chi connectivity index (χ0) is 13.6. The molecule has 19 heavy (non-hydrogen) atoms. The number of para-hydroxylation sites is 1. The number of hydrogen-bond acceptors (Lipinski definition) is 3. The van der Waals surface area contributed by atoms with E-state index in [0.717, 1.165) is 5.56 Å². The maximum atomic E-state index is 12.4. The highest BCUT2D eigenvalue weighted by Crippen LogP contribution is 2.23. The van der Waals surface area contributed by atoms with Crippen molar-refractivity contribution in [1.29, 1.82) is 0 Å². The Morgan fingerprint density at radius 1 is 1.16 bits per heavy atom. The average molecular weight is 254 g/mol. The molecule has 1 N–H and O–H groups in total. The molecular formula is C14H10N2O3. The lowest BCUT2D eigenvalue weighted by molar-refractivity contribution is -0.383. The smallest absolute Gasteiger partial charge is 0.293 e. The van der Waals surface area contributed by atoms with Crippen LogP contribution in [-0.2, 0) is 0 Å². The van der Waals surface area contributed by atoms with E-state index in [-0.39, 0.29) is 16.6 Å². The molecule has 3 rings (SSSR count). The van der Waals surface area contributed by atoms with Crippen LogP contribution in [0.3, 0.4) is 0 Å². The van der Waals surface area contributed by atoms with Gasteiger partial charge in [0, 0.05) is 17.0 Å². The molecule has 0 bridgehead atoms. The Hall–Kier alpha value is -2.69. The number of nitrogens with one attached hydrogen (secondary N) is 1. The normalized spacial score (nSPS) is 11.0. The van der Waals surface area contributed by atoms with Gasteiger partial charge in [0.15, 0.2) is 5.43 Å². The number of fused-ring (bicyclic) bond motifs is 2. The molecule has 0 spiro atoms. The molecule has 0 saturated heterocycles. The summed E-state index contributed by atoms with van der Waals surface area (Å²) in [7, 11) is 0. The van der Waals surface area contributed by atoms with Gasteiger partial charge in [0.05, 0.1) is 10.3 Å².